The van der Waals surface area contributed by atoms with Crippen LogP contribution in [0.5, 0.6) is 0 Å². The normalized spacial score (nSPS) is 36.2. The van der Waals surface area contributed by atoms with Gasteiger partial charge in [-0.3, -0.25) is 0 Å². The van der Waals surface area contributed by atoms with Crippen molar-refractivity contribution < 1.29 is 0 Å². The first-order valence-corrected chi connectivity index (χ1v) is 8.19. The van der Waals surface area contributed by atoms with E-state index in [0.717, 1.165) is 17.8 Å². The van der Waals surface area contributed by atoms with Crippen molar-refractivity contribution in [3.05, 3.63) is 24.3 Å². The molecule has 4 atom stereocenters. The lowest BCUT2D eigenvalue weighted by Gasteiger charge is -2.47. The number of fused-ring (bicyclic) bond motifs is 1. The van der Waals surface area contributed by atoms with Crippen molar-refractivity contribution in [1.29, 1.82) is 0 Å². The molecule has 2 aliphatic carbocycles. The summed E-state index contributed by atoms with van der Waals surface area (Å²) in [6, 6.07) is 0. The molecule has 19 heavy (non-hydrogen) atoms. The summed E-state index contributed by atoms with van der Waals surface area (Å²) in [6.07, 6.45) is 8.20. The van der Waals surface area contributed by atoms with Gasteiger partial charge in [0.1, 0.15) is 0 Å². The van der Waals surface area contributed by atoms with Crippen LogP contribution in [-0.4, -0.2) is 0 Å². The zero-order valence-corrected chi connectivity index (χ0v) is 13.5. The minimum Gasteiger partial charge on any atom is -0.0953 e. The molecule has 0 aromatic rings. The van der Waals surface area contributed by atoms with E-state index in [4.69, 9.17) is 0 Å². The molecule has 0 nitrogen and oxygen atoms in total. The Morgan fingerprint density at radius 1 is 1.05 bits per heavy atom. The molecule has 108 valence electrons. The number of rotatable bonds is 2. The second kappa shape index (κ2) is 5.46. The van der Waals surface area contributed by atoms with Crippen LogP contribution in [0.1, 0.15) is 66.2 Å². The fraction of sp³-hybridized carbons (Fsp3) is 0.789. The van der Waals surface area contributed by atoms with Crippen molar-refractivity contribution in [2.24, 2.45) is 29.1 Å². The van der Waals surface area contributed by atoms with Crippen molar-refractivity contribution >= 4 is 0 Å². The van der Waals surface area contributed by atoms with E-state index >= 15 is 0 Å². The highest BCUT2D eigenvalue weighted by atomic mass is 14.5. The van der Waals surface area contributed by atoms with E-state index in [1.54, 1.807) is 0 Å². The predicted molar refractivity (Wildman–Crippen MR) is 85.1 cm³/mol. The maximum Gasteiger partial charge on any atom is -0.0134 e. The third kappa shape index (κ3) is 3.15. The van der Waals surface area contributed by atoms with E-state index in [9.17, 15) is 0 Å². The summed E-state index contributed by atoms with van der Waals surface area (Å²) in [5.74, 6) is 3.13. The lowest BCUT2D eigenvalue weighted by molar-refractivity contribution is 0.126. The largest absolute Gasteiger partial charge is 0.0953 e. The van der Waals surface area contributed by atoms with Crippen LogP contribution in [0.25, 0.3) is 0 Å². The number of hydrogen-bond donors (Lipinski definition) is 0. The van der Waals surface area contributed by atoms with Crippen LogP contribution in [0.15, 0.2) is 24.3 Å². The maximum atomic E-state index is 4.42. The lowest BCUT2D eigenvalue weighted by atomic mass is 9.58. The van der Waals surface area contributed by atoms with Gasteiger partial charge in [0.25, 0.3) is 0 Å². The third-order valence-corrected chi connectivity index (χ3v) is 5.64. The Hall–Kier alpha value is -0.520. The Morgan fingerprint density at radius 3 is 2.32 bits per heavy atom. The van der Waals surface area contributed by atoms with E-state index in [1.165, 1.54) is 49.7 Å². The summed E-state index contributed by atoms with van der Waals surface area (Å²) in [5.41, 5.74) is 3.23. The van der Waals surface area contributed by atoms with Gasteiger partial charge in [0.15, 0.2) is 0 Å². The monoisotopic (exact) mass is 260 g/mol. The third-order valence-electron chi connectivity index (χ3n) is 5.64. The zero-order valence-electron chi connectivity index (χ0n) is 13.5. The summed E-state index contributed by atoms with van der Waals surface area (Å²) < 4.78 is 0. The average Bonchev–Trinajstić information content (AvgIpc) is 2.35. The van der Waals surface area contributed by atoms with Crippen LogP contribution in [0.4, 0.5) is 0 Å². The molecule has 0 saturated heterocycles. The summed E-state index contributed by atoms with van der Waals surface area (Å²) in [4.78, 5) is 0. The molecule has 2 saturated carbocycles. The molecule has 0 bridgehead atoms. The van der Waals surface area contributed by atoms with Crippen LogP contribution in [0.3, 0.4) is 0 Å². The molecule has 4 unspecified atom stereocenters. The number of hydrogen-bond acceptors (Lipinski definition) is 0. The van der Waals surface area contributed by atoms with Crippen molar-refractivity contribution in [3.63, 3.8) is 0 Å². The molecule has 0 aromatic carbocycles. The lowest BCUT2D eigenvalue weighted by Crippen LogP contribution is -2.38. The maximum absolute atomic E-state index is 4.42. The molecular weight excluding hydrogens is 228 g/mol. The summed E-state index contributed by atoms with van der Waals surface area (Å²) in [6.45, 7) is 18.4. The van der Waals surface area contributed by atoms with Crippen LogP contribution in [0.2, 0.25) is 0 Å². The highest BCUT2D eigenvalue weighted by molar-refractivity contribution is 5.34. The van der Waals surface area contributed by atoms with Crippen LogP contribution >= 0.6 is 0 Å². The Bertz CT molecular complexity index is 355. The first-order chi connectivity index (χ1) is 8.81. The summed E-state index contributed by atoms with van der Waals surface area (Å²) in [5, 5.41) is 0. The Morgan fingerprint density at radius 2 is 1.68 bits per heavy atom. The molecule has 2 fully saturated rings. The van der Waals surface area contributed by atoms with Crippen LogP contribution in [-0.2, 0) is 0 Å². The molecule has 0 heterocycles. The fourth-order valence-electron chi connectivity index (χ4n) is 4.34. The average molecular weight is 260 g/mol. The van der Waals surface area contributed by atoms with Gasteiger partial charge >= 0.3 is 0 Å². The molecule has 0 amide bonds. The van der Waals surface area contributed by atoms with E-state index in [0.29, 0.717) is 11.3 Å². The van der Waals surface area contributed by atoms with Gasteiger partial charge < -0.3 is 0 Å². The highest BCUT2D eigenvalue weighted by Crippen LogP contribution is 2.51. The van der Waals surface area contributed by atoms with Gasteiger partial charge in [0.2, 0.25) is 0 Å². The molecule has 0 aliphatic heterocycles. The Balaban J connectivity index is 2.11. The molecule has 0 N–H and O–H groups in total. The van der Waals surface area contributed by atoms with Gasteiger partial charge in [0, 0.05) is 0 Å². The standard InChI is InChI=1S/C19H32/c1-13-14(2)17-9-7-8-10-18(17)15(3)16(13)11-12-19(4,5)6/h15-18H,1-2,7-12H2,3-6H3. The zero-order chi connectivity index (χ0) is 14.2. The van der Waals surface area contributed by atoms with Gasteiger partial charge in [-0.05, 0) is 65.9 Å². The predicted octanol–water partition coefficient (Wildman–Crippen LogP) is 6.00. The summed E-state index contributed by atoms with van der Waals surface area (Å²) in [7, 11) is 0. The summed E-state index contributed by atoms with van der Waals surface area (Å²) >= 11 is 0. The SMILES string of the molecule is C=C1C(=C)C2CCCCC2C(C)C1CCC(C)(C)C. The highest BCUT2D eigenvalue weighted by Gasteiger charge is 2.41. The van der Waals surface area contributed by atoms with Crippen molar-refractivity contribution in [1.82, 2.24) is 0 Å². The van der Waals surface area contributed by atoms with Crippen LogP contribution in [0, 0.1) is 29.1 Å². The minimum absolute atomic E-state index is 0.435. The Labute approximate surface area is 120 Å². The molecule has 0 spiro atoms. The molecule has 0 aromatic heterocycles. The van der Waals surface area contributed by atoms with E-state index in [2.05, 4.69) is 40.9 Å². The van der Waals surface area contributed by atoms with Crippen molar-refractivity contribution in [2.45, 2.75) is 66.2 Å². The van der Waals surface area contributed by atoms with E-state index in [1.807, 2.05) is 0 Å². The van der Waals surface area contributed by atoms with Gasteiger partial charge in [-0.2, -0.15) is 0 Å². The smallest absolute Gasteiger partial charge is 0.0134 e. The van der Waals surface area contributed by atoms with Gasteiger partial charge in [0.05, 0.1) is 0 Å². The molecular formula is C19H32. The Kier molecular flexibility index (Phi) is 4.28. The number of allylic oxidation sites excluding steroid dienone is 2. The fourth-order valence-corrected chi connectivity index (χ4v) is 4.34. The van der Waals surface area contributed by atoms with Crippen molar-refractivity contribution in [2.75, 3.05) is 0 Å². The van der Waals surface area contributed by atoms with Crippen molar-refractivity contribution in [3.8, 4) is 0 Å². The van der Waals surface area contributed by atoms with Gasteiger partial charge in [-0.1, -0.05) is 53.7 Å². The second-order valence-corrected chi connectivity index (χ2v) is 8.17. The first-order valence-electron chi connectivity index (χ1n) is 8.19. The second-order valence-electron chi connectivity index (χ2n) is 8.17. The molecule has 2 rings (SSSR count). The minimum atomic E-state index is 0.435. The van der Waals surface area contributed by atoms with E-state index in [-0.39, 0.29) is 0 Å². The molecule has 0 heteroatoms. The van der Waals surface area contributed by atoms with Gasteiger partial charge in [-0.25, -0.2) is 0 Å². The molecule has 0 radical (unpaired) electrons. The van der Waals surface area contributed by atoms with Crippen LogP contribution < -0.4 is 0 Å². The topological polar surface area (TPSA) is 0 Å². The van der Waals surface area contributed by atoms with Gasteiger partial charge in [-0.15, -0.1) is 0 Å². The van der Waals surface area contributed by atoms with E-state index < -0.39 is 0 Å². The first kappa shape index (κ1) is 14.9. The quantitative estimate of drug-likeness (QED) is 0.571. The molecule has 2 aliphatic rings.